The van der Waals surface area contributed by atoms with Gasteiger partial charge in [0.1, 0.15) is 17.2 Å². The number of hydrogen-bond donors (Lipinski definition) is 1. The molecule has 20 heavy (non-hydrogen) atoms. The number of nitrogens with zero attached hydrogens (tertiary/aromatic N) is 2. The fourth-order valence-corrected chi connectivity index (χ4v) is 2.13. The molecule has 1 atom stereocenters. The number of ether oxygens (including phenoxy) is 1. The molecule has 1 amide bonds. The van der Waals surface area contributed by atoms with Crippen LogP contribution < -0.4 is 10.2 Å². The van der Waals surface area contributed by atoms with E-state index in [0.29, 0.717) is 12.4 Å². The molecule has 0 aromatic carbocycles. The second-order valence-corrected chi connectivity index (χ2v) is 5.91. The molecular formula is C14H20FN3O2. The van der Waals surface area contributed by atoms with Gasteiger partial charge in [0.25, 0.3) is 0 Å². The van der Waals surface area contributed by atoms with Gasteiger partial charge in [-0.15, -0.1) is 0 Å². The Morgan fingerprint density at radius 3 is 2.95 bits per heavy atom. The molecule has 110 valence electrons. The van der Waals surface area contributed by atoms with Crippen molar-refractivity contribution < 1.29 is 13.9 Å². The van der Waals surface area contributed by atoms with E-state index in [0.717, 1.165) is 13.0 Å². The highest BCUT2D eigenvalue weighted by atomic mass is 19.1. The van der Waals surface area contributed by atoms with Crippen molar-refractivity contribution in [3.63, 3.8) is 0 Å². The Morgan fingerprint density at radius 1 is 1.55 bits per heavy atom. The molecule has 1 fully saturated rings. The summed E-state index contributed by atoms with van der Waals surface area (Å²) < 4.78 is 18.4. The van der Waals surface area contributed by atoms with Gasteiger partial charge in [0.15, 0.2) is 0 Å². The van der Waals surface area contributed by atoms with Gasteiger partial charge in [-0.3, -0.25) is 0 Å². The third-order valence-electron chi connectivity index (χ3n) is 2.94. The number of nitrogens with one attached hydrogen (secondary N) is 1. The number of rotatable bonds is 2. The summed E-state index contributed by atoms with van der Waals surface area (Å²) in [5.41, 5.74) is -0.507. The van der Waals surface area contributed by atoms with E-state index in [1.165, 1.54) is 18.3 Å². The van der Waals surface area contributed by atoms with Gasteiger partial charge in [-0.05, 0) is 33.3 Å². The van der Waals surface area contributed by atoms with E-state index >= 15 is 0 Å². The fraction of sp³-hybridized carbons (Fsp3) is 0.571. The van der Waals surface area contributed by atoms with Gasteiger partial charge < -0.3 is 15.0 Å². The summed E-state index contributed by atoms with van der Waals surface area (Å²) in [5, 5.41) is 2.83. The maximum absolute atomic E-state index is 13.2. The van der Waals surface area contributed by atoms with Crippen molar-refractivity contribution >= 4 is 11.9 Å². The number of hydrogen-bond acceptors (Lipinski definition) is 4. The van der Waals surface area contributed by atoms with Gasteiger partial charge in [0, 0.05) is 25.4 Å². The van der Waals surface area contributed by atoms with E-state index in [1.54, 1.807) is 0 Å². The zero-order valence-electron chi connectivity index (χ0n) is 12.0. The Bertz CT molecular complexity index is 488. The minimum atomic E-state index is -0.507. The number of alkyl carbamates (subject to hydrolysis) is 1. The highest BCUT2D eigenvalue weighted by Gasteiger charge is 2.26. The monoisotopic (exact) mass is 281 g/mol. The van der Waals surface area contributed by atoms with E-state index in [1.807, 2.05) is 25.7 Å². The van der Waals surface area contributed by atoms with E-state index < -0.39 is 11.7 Å². The first kappa shape index (κ1) is 14.6. The van der Waals surface area contributed by atoms with Crippen LogP contribution in [0.15, 0.2) is 18.3 Å². The number of pyridine rings is 1. The molecule has 0 bridgehead atoms. The van der Waals surface area contributed by atoms with Crippen LogP contribution in [0.5, 0.6) is 0 Å². The standard InChI is InChI=1S/C14H20FN3O2/c1-14(2,3)20-13(19)17-11-5-7-18(9-11)12-8-10(15)4-6-16-12/h4,6,8,11H,5,7,9H2,1-3H3,(H,17,19)/t11-/m0/s1. The second kappa shape index (κ2) is 5.64. The highest BCUT2D eigenvalue weighted by molar-refractivity contribution is 5.68. The maximum atomic E-state index is 13.2. The van der Waals surface area contributed by atoms with Crippen molar-refractivity contribution in [3.05, 3.63) is 24.1 Å². The Morgan fingerprint density at radius 2 is 2.30 bits per heavy atom. The largest absolute Gasteiger partial charge is 0.444 e. The molecule has 5 nitrogen and oxygen atoms in total. The predicted molar refractivity (Wildman–Crippen MR) is 74.2 cm³/mol. The number of anilines is 1. The molecule has 6 heteroatoms. The van der Waals surface area contributed by atoms with Crippen LogP contribution in [-0.4, -0.2) is 35.8 Å². The number of carbonyl (C=O) groups excluding carboxylic acids is 1. The van der Waals surface area contributed by atoms with Crippen LogP contribution in [0.3, 0.4) is 0 Å². The van der Waals surface area contributed by atoms with Gasteiger partial charge in [0.2, 0.25) is 0 Å². The van der Waals surface area contributed by atoms with Gasteiger partial charge in [-0.25, -0.2) is 14.2 Å². The average Bonchev–Trinajstić information content (AvgIpc) is 2.74. The van der Waals surface area contributed by atoms with E-state index in [2.05, 4.69) is 10.3 Å². The molecule has 0 saturated carbocycles. The molecule has 0 radical (unpaired) electrons. The Hall–Kier alpha value is -1.85. The number of aromatic nitrogens is 1. The first-order valence-corrected chi connectivity index (χ1v) is 6.69. The minimum absolute atomic E-state index is 0.00471. The summed E-state index contributed by atoms with van der Waals surface area (Å²) in [5.74, 6) is 0.289. The quantitative estimate of drug-likeness (QED) is 0.904. The Balaban J connectivity index is 1.88. The molecule has 2 heterocycles. The summed E-state index contributed by atoms with van der Waals surface area (Å²) in [6.45, 7) is 6.81. The summed E-state index contributed by atoms with van der Waals surface area (Å²) in [7, 11) is 0. The zero-order chi connectivity index (χ0) is 14.8. The second-order valence-electron chi connectivity index (χ2n) is 5.91. The lowest BCUT2D eigenvalue weighted by Gasteiger charge is -2.22. The lowest BCUT2D eigenvalue weighted by atomic mass is 10.2. The van der Waals surface area contributed by atoms with Gasteiger partial charge in [-0.2, -0.15) is 0 Å². The van der Waals surface area contributed by atoms with Crippen LogP contribution in [-0.2, 0) is 4.74 Å². The molecule has 1 aromatic heterocycles. The molecule has 1 aromatic rings. The normalized spacial score (nSPS) is 19.0. The Kier molecular flexibility index (Phi) is 4.11. The van der Waals surface area contributed by atoms with Crippen LogP contribution in [0, 0.1) is 5.82 Å². The molecule has 0 spiro atoms. The summed E-state index contributed by atoms with van der Waals surface area (Å²) in [6.07, 6.45) is 1.81. The van der Waals surface area contributed by atoms with Crippen LogP contribution in [0.4, 0.5) is 15.0 Å². The molecule has 1 saturated heterocycles. The fourth-order valence-electron chi connectivity index (χ4n) is 2.13. The third kappa shape index (κ3) is 4.08. The van der Waals surface area contributed by atoms with Crippen LogP contribution in [0.2, 0.25) is 0 Å². The predicted octanol–water partition coefficient (Wildman–Crippen LogP) is 2.32. The summed E-state index contributed by atoms with van der Waals surface area (Å²) in [6, 6.07) is 2.71. The SMILES string of the molecule is CC(C)(C)OC(=O)N[C@H]1CCN(c2cc(F)ccn2)C1. The molecule has 0 unspecified atom stereocenters. The van der Waals surface area contributed by atoms with Crippen molar-refractivity contribution in [1.82, 2.24) is 10.3 Å². The molecule has 0 aliphatic carbocycles. The minimum Gasteiger partial charge on any atom is -0.444 e. The first-order valence-electron chi connectivity index (χ1n) is 6.69. The van der Waals surface area contributed by atoms with Gasteiger partial charge in [0.05, 0.1) is 6.04 Å². The Labute approximate surface area is 118 Å². The van der Waals surface area contributed by atoms with E-state index in [4.69, 9.17) is 4.74 Å². The van der Waals surface area contributed by atoms with Crippen molar-refractivity contribution in [3.8, 4) is 0 Å². The highest BCUT2D eigenvalue weighted by Crippen LogP contribution is 2.19. The molecule has 1 aliphatic rings. The average molecular weight is 281 g/mol. The molecule has 1 aliphatic heterocycles. The van der Waals surface area contributed by atoms with Crippen LogP contribution >= 0.6 is 0 Å². The smallest absolute Gasteiger partial charge is 0.407 e. The zero-order valence-corrected chi connectivity index (χ0v) is 12.0. The van der Waals surface area contributed by atoms with Crippen molar-refractivity contribution in [2.45, 2.75) is 38.8 Å². The number of amides is 1. The number of carbonyl (C=O) groups is 1. The summed E-state index contributed by atoms with van der Waals surface area (Å²) in [4.78, 5) is 17.8. The lowest BCUT2D eigenvalue weighted by Crippen LogP contribution is -2.40. The van der Waals surface area contributed by atoms with E-state index in [9.17, 15) is 9.18 Å². The first-order chi connectivity index (χ1) is 9.33. The third-order valence-corrected chi connectivity index (χ3v) is 2.94. The van der Waals surface area contributed by atoms with E-state index in [-0.39, 0.29) is 11.9 Å². The molecule has 2 rings (SSSR count). The van der Waals surface area contributed by atoms with Crippen molar-refractivity contribution in [2.24, 2.45) is 0 Å². The van der Waals surface area contributed by atoms with Crippen molar-refractivity contribution in [1.29, 1.82) is 0 Å². The van der Waals surface area contributed by atoms with Gasteiger partial charge in [-0.1, -0.05) is 0 Å². The number of halogens is 1. The molecular weight excluding hydrogens is 261 g/mol. The molecule has 1 N–H and O–H groups in total. The van der Waals surface area contributed by atoms with Crippen LogP contribution in [0.25, 0.3) is 0 Å². The lowest BCUT2D eigenvalue weighted by molar-refractivity contribution is 0.0509. The topological polar surface area (TPSA) is 54.5 Å². The maximum Gasteiger partial charge on any atom is 0.407 e. The van der Waals surface area contributed by atoms with Crippen LogP contribution in [0.1, 0.15) is 27.2 Å². The summed E-state index contributed by atoms with van der Waals surface area (Å²) >= 11 is 0. The van der Waals surface area contributed by atoms with Gasteiger partial charge >= 0.3 is 6.09 Å². The van der Waals surface area contributed by atoms with Crippen molar-refractivity contribution in [2.75, 3.05) is 18.0 Å².